The smallest absolute Gasteiger partial charge is 0.290 e. The highest BCUT2D eigenvalue weighted by Gasteiger charge is 2.42. The van der Waals surface area contributed by atoms with Crippen LogP contribution in [0.5, 0.6) is 0 Å². The van der Waals surface area contributed by atoms with Gasteiger partial charge in [-0.1, -0.05) is 23.7 Å². The summed E-state index contributed by atoms with van der Waals surface area (Å²) in [6, 6.07) is 10.00. The second-order valence-corrected chi connectivity index (χ2v) is 8.16. The fourth-order valence-electron chi connectivity index (χ4n) is 4.32. The fraction of sp³-hybridized carbons (Fsp3) is 0.304. The van der Waals surface area contributed by atoms with Crippen molar-refractivity contribution in [1.29, 1.82) is 0 Å². The summed E-state index contributed by atoms with van der Waals surface area (Å²) in [6.45, 7) is 3.84. The predicted octanol–water partition coefficient (Wildman–Crippen LogP) is 3.46. The lowest BCUT2D eigenvalue weighted by Crippen LogP contribution is -2.42. The summed E-state index contributed by atoms with van der Waals surface area (Å²) < 4.78 is 25.3. The minimum atomic E-state index is -0.723. The van der Waals surface area contributed by atoms with Crippen LogP contribution >= 0.6 is 11.6 Å². The number of benzene rings is 2. The van der Waals surface area contributed by atoms with Gasteiger partial charge in [-0.15, -0.1) is 0 Å². The third-order valence-electron chi connectivity index (χ3n) is 5.85. The third kappa shape index (κ3) is 3.63. The van der Waals surface area contributed by atoms with Gasteiger partial charge in [-0.3, -0.25) is 14.5 Å². The predicted molar refractivity (Wildman–Crippen MR) is 114 cm³/mol. The van der Waals surface area contributed by atoms with Gasteiger partial charge in [-0.25, -0.2) is 4.39 Å². The number of nitrogens with zero attached hydrogens (tertiary/aromatic N) is 2. The van der Waals surface area contributed by atoms with Crippen molar-refractivity contribution in [3.8, 4) is 0 Å². The molecule has 160 valence electrons. The third-order valence-corrected chi connectivity index (χ3v) is 6.09. The molecule has 0 aliphatic carbocycles. The average Bonchev–Trinajstić information content (AvgIpc) is 3.05. The zero-order valence-electron chi connectivity index (χ0n) is 16.6. The van der Waals surface area contributed by atoms with Crippen molar-refractivity contribution in [2.24, 2.45) is 0 Å². The number of carbonyl (C=O) groups is 1. The quantitative estimate of drug-likeness (QED) is 0.619. The number of amides is 1. The molecule has 0 saturated carbocycles. The topological polar surface area (TPSA) is 63.0 Å². The van der Waals surface area contributed by atoms with Gasteiger partial charge in [0.1, 0.15) is 11.4 Å². The molecule has 0 unspecified atom stereocenters. The van der Waals surface area contributed by atoms with E-state index in [1.54, 1.807) is 29.2 Å². The zero-order chi connectivity index (χ0) is 21.5. The standard InChI is InChI=1S/C23H20ClFN2O4/c24-15-4-5-18-17(13-15)21(28)19-20(14-2-1-3-16(25)12-14)27(23(29)22(19)31-18)7-6-26-8-10-30-11-9-26/h1-5,12-13,20H,6-11H2/t20-/m0/s1. The van der Waals surface area contributed by atoms with Crippen LogP contribution in [0.1, 0.15) is 27.7 Å². The first kappa shape index (κ1) is 20.2. The van der Waals surface area contributed by atoms with E-state index < -0.39 is 11.9 Å². The highest BCUT2D eigenvalue weighted by atomic mass is 35.5. The van der Waals surface area contributed by atoms with Gasteiger partial charge in [-0.2, -0.15) is 0 Å². The molecule has 2 aromatic carbocycles. The molecule has 1 amide bonds. The molecule has 0 spiro atoms. The van der Waals surface area contributed by atoms with Crippen molar-refractivity contribution in [3.63, 3.8) is 0 Å². The number of hydrogen-bond acceptors (Lipinski definition) is 5. The SMILES string of the molecule is O=C1c2oc3ccc(Cl)cc3c(=O)c2[C@H](c2cccc(F)c2)N1CCN1CCOCC1. The summed E-state index contributed by atoms with van der Waals surface area (Å²) in [5.74, 6) is -0.790. The molecule has 5 rings (SSSR count). The number of morpholine rings is 1. The minimum Gasteiger partial charge on any atom is -0.450 e. The van der Waals surface area contributed by atoms with Gasteiger partial charge in [0.25, 0.3) is 5.91 Å². The van der Waals surface area contributed by atoms with Gasteiger partial charge in [0, 0.05) is 31.2 Å². The number of hydrogen-bond donors (Lipinski definition) is 0. The van der Waals surface area contributed by atoms with Crippen LogP contribution in [-0.2, 0) is 4.74 Å². The van der Waals surface area contributed by atoms with E-state index in [0.717, 1.165) is 13.1 Å². The van der Waals surface area contributed by atoms with Crippen LogP contribution in [0, 0.1) is 5.82 Å². The Bertz CT molecular complexity index is 1220. The lowest BCUT2D eigenvalue weighted by molar-refractivity contribution is 0.0314. The molecule has 1 fully saturated rings. The van der Waals surface area contributed by atoms with E-state index in [4.69, 9.17) is 20.8 Å². The summed E-state index contributed by atoms with van der Waals surface area (Å²) >= 11 is 6.09. The molecule has 6 nitrogen and oxygen atoms in total. The summed E-state index contributed by atoms with van der Waals surface area (Å²) in [4.78, 5) is 30.6. The van der Waals surface area contributed by atoms with Crippen molar-refractivity contribution in [3.05, 3.63) is 80.4 Å². The van der Waals surface area contributed by atoms with Crippen molar-refractivity contribution >= 4 is 28.5 Å². The monoisotopic (exact) mass is 442 g/mol. The summed E-state index contributed by atoms with van der Waals surface area (Å²) in [5, 5.41) is 0.700. The van der Waals surface area contributed by atoms with E-state index in [1.165, 1.54) is 18.2 Å². The maximum Gasteiger partial charge on any atom is 0.290 e. The van der Waals surface area contributed by atoms with Crippen molar-refractivity contribution in [1.82, 2.24) is 9.80 Å². The van der Waals surface area contributed by atoms with Gasteiger partial charge in [-0.05, 0) is 35.9 Å². The van der Waals surface area contributed by atoms with Gasteiger partial charge >= 0.3 is 0 Å². The van der Waals surface area contributed by atoms with Crippen LogP contribution in [0.3, 0.4) is 0 Å². The van der Waals surface area contributed by atoms with Crippen LogP contribution < -0.4 is 5.43 Å². The second kappa shape index (κ2) is 8.07. The first-order chi connectivity index (χ1) is 15.0. The first-order valence-electron chi connectivity index (χ1n) is 10.2. The summed E-state index contributed by atoms with van der Waals surface area (Å²) in [5.41, 5.74) is 0.736. The van der Waals surface area contributed by atoms with E-state index in [1.807, 2.05) is 0 Å². The largest absolute Gasteiger partial charge is 0.450 e. The van der Waals surface area contributed by atoms with E-state index in [2.05, 4.69) is 4.90 Å². The lowest BCUT2D eigenvalue weighted by atomic mass is 9.98. The Morgan fingerprint density at radius 1 is 1.06 bits per heavy atom. The van der Waals surface area contributed by atoms with E-state index in [9.17, 15) is 14.0 Å². The molecule has 3 heterocycles. The van der Waals surface area contributed by atoms with E-state index in [0.29, 0.717) is 47.9 Å². The minimum absolute atomic E-state index is 0.0102. The molecule has 31 heavy (non-hydrogen) atoms. The van der Waals surface area contributed by atoms with Gasteiger partial charge in [0.05, 0.1) is 30.2 Å². The average molecular weight is 443 g/mol. The molecule has 0 N–H and O–H groups in total. The van der Waals surface area contributed by atoms with Crippen molar-refractivity contribution in [2.45, 2.75) is 6.04 Å². The highest BCUT2D eigenvalue weighted by Crippen LogP contribution is 2.38. The van der Waals surface area contributed by atoms with Crippen LogP contribution in [-0.4, -0.2) is 55.1 Å². The highest BCUT2D eigenvalue weighted by molar-refractivity contribution is 6.31. The molecule has 8 heteroatoms. The summed E-state index contributed by atoms with van der Waals surface area (Å²) in [7, 11) is 0. The van der Waals surface area contributed by atoms with Gasteiger partial charge in [0.15, 0.2) is 5.43 Å². The summed E-state index contributed by atoms with van der Waals surface area (Å²) in [6.07, 6.45) is 0. The van der Waals surface area contributed by atoms with Gasteiger partial charge < -0.3 is 14.1 Å². The second-order valence-electron chi connectivity index (χ2n) is 7.72. The molecule has 1 saturated heterocycles. The Morgan fingerprint density at radius 2 is 1.87 bits per heavy atom. The molecule has 2 aliphatic heterocycles. The van der Waals surface area contributed by atoms with Crippen molar-refractivity contribution in [2.75, 3.05) is 39.4 Å². The molecular formula is C23H20ClFN2O4. The number of halogens is 2. The van der Waals surface area contributed by atoms with Gasteiger partial charge in [0.2, 0.25) is 5.76 Å². The maximum atomic E-state index is 14.1. The van der Waals surface area contributed by atoms with E-state index in [-0.39, 0.29) is 22.7 Å². The Morgan fingerprint density at radius 3 is 2.65 bits per heavy atom. The van der Waals surface area contributed by atoms with Crippen LogP contribution in [0.25, 0.3) is 11.0 Å². The maximum absolute atomic E-state index is 14.1. The number of ether oxygens (including phenoxy) is 1. The Balaban J connectivity index is 1.61. The van der Waals surface area contributed by atoms with E-state index >= 15 is 0 Å². The molecule has 0 radical (unpaired) electrons. The Hall–Kier alpha value is -2.74. The molecule has 1 aromatic heterocycles. The fourth-order valence-corrected chi connectivity index (χ4v) is 4.49. The molecule has 1 atom stereocenters. The number of fused-ring (bicyclic) bond motifs is 2. The van der Waals surface area contributed by atoms with Crippen LogP contribution in [0.15, 0.2) is 51.7 Å². The molecule has 2 aliphatic rings. The Kier molecular flexibility index (Phi) is 5.25. The Labute approximate surface area is 182 Å². The molecule has 0 bridgehead atoms. The lowest BCUT2D eigenvalue weighted by Gasteiger charge is -2.31. The van der Waals surface area contributed by atoms with Crippen LogP contribution in [0.4, 0.5) is 4.39 Å². The molecule has 3 aromatic rings. The number of rotatable bonds is 4. The normalized spacial score (nSPS) is 19.2. The number of carbonyl (C=O) groups excluding carboxylic acids is 1. The van der Waals surface area contributed by atoms with Crippen molar-refractivity contribution < 1.29 is 18.3 Å². The zero-order valence-corrected chi connectivity index (χ0v) is 17.4. The van der Waals surface area contributed by atoms with Crippen LogP contribution in [0.2, 0.25) is 5.02 Å². The molecular weight excluding hydrogens is 423 g/mol. The first-order valence-corrected chi connectivity index (χ1v) is 10.5.